The molecule has 2 rings (SSSR count). The van der Waals surface area contributed by atoms with Crippen molar-refractivity contribution in [2.75, 3.05) is 5.43 Å². The van der Waals surface area contributed by atoms with Crippen LogP contribution in [0.5, 0.6) is 0 Å². The van der Waals surface area contributed by atoms with E-state index in [2.05, 4.69) is 10.7 Å². The molecule has 21 heavy (non-hydrogen) atoms. The van der Waals surface area contributed by atoms with E-state index in [1.54, 1.807) is 19.1 Å². The molecule has 0 aliphatic rings. The number of anilines is 1. The third-order valence-corrected chi connectivity index (χ3v) is 2.93. The molecule has 0 fully saturated rings. The molecule has 0 bridgehead atoms. The zero-order valence-electron chi connectivity index (χ0n) is 11.2. The predicted molar refractivity (Wildman–Crippen MR) is 75.5 cm³/mol. The Balaban J connectivity index is 2.25. The molecule has 4 N–H and O–H groups in total. The number of rotatable bonds is 5. The van der Waals surface area contributed by atoms with Crippen LogP contribution >= 0.6 is 0 Å². The molecule has 1 heterocycles. The number of nitro benzene ring substituents is 1. The number of non-ortho nitro benzene ring substituents is 1. The van der Waals surface area contributed by atoms with Crippen LogP contribution in [0.25, 0.3) is 0 Å². The zero-order chi connectivity index (χ0) is 15.4. The molecule has 1 aromatic carbocycles. The fourth-order valence-electron chi connectivity index (χ4n) is 1.84. The van der Waals surface area contributed by atoms with Gasteiger partial charge in [0.15, 0.2) is 0 Å². The highest BCUT2D eigenvalue weighted by atomic mass is 16.6. The number of amides is 1. The fraction of sp³-hybridized carbons (Fsp3) is 0.154. The Morgan fingerprint density at radius 2 is 2.19 bits per heavy atom. The summed E-state index contributed by atoms with van der Waals surface area (Å²) < 4.78 is 5.19. The van der Waals surface area contributed by atoms with Crippen LogP contribution < -0.4 is 16.6 Å². The van der Waals surface area contributed by atoms with Gasteiger partial charge in [0, 0.05) is 12.1 Å². The maximum Gasteiger partial charge on any atom is 0.270 e. The Hall–Kier alpha value is -2.87. The van der Waals surface area contributed by atoms with E-state index in [-0.39, 0.29) is 17.3 Å². The second kappa shape index (κ2) is 6.06. The van der Waals surface area contributed by atoms with E-state index < -0.39 is 10.8 Å². The van der Waals surface area contributed by atoms with Gasteiger partial charge in [-0.1, -0.05) is 0 Å². The van der Waals surface area contributed by atoms with E-state index in [1.165, 1.54) is 24.5 Å². The van der Waals surface area contributed by atoms with Gasteiger partial charge in [-0.3, -0.25) is 20.8 Å². The highest BCUT2D eigenvalue weighted by molar-refractivity contribution is 6.00. The first kappa shape index (κ1) is 14.5. The lowest BCUT2D eigenvalue weighted by molar-refractivity contribution is -0.384. The number of carbonyl (C=O) groups is 1. The van der Waals surface area contributed by atoms with Gasteiger partial charge in [0.2, 0.25) is 0 Å². The van der Waals surface area contributed by atoms with E-state index in [1.807, 2.05) is 0 Å². The summed E-state index contributed by atoms with van der Waals surface area (Å²) in [5, 5.41) is 13.5. The van der Waals surface area contributed by atoms with Gasteiger partial charge in [-0.05, 0) is 25.1 Å². The van der Waals surface area contributed by atoms with Crippen LogP contribution in [0.3, 0.4) is 0 Å². The molecule has 2 aromatic rings. The molecule has 1 unspecified atom stereocenters. The second-order valence-electron chi connectivity index (χ2n) is 4.34. The number of benzene rings is 1. The minimum absolute atomic E-state index is 0.0881. The Labute approximate surface area is 120 Å². The lowest BCUT2D eigenvalue weighted by atomic mass is 10.1. The predicted octanol–water partition coefficient (Wildman–Crippen LogP) is 1.96. The molecule has 0 aliphatic heterocycles. The number of nitrogen functional groups attached to an aromatic ring is 1. The SMILES string of the molecule is CC(NC(=O)c1cc([N+](=O)[O-])ccc1NN)c1ccco1. The van der Waals surface area contributed by atoms with E-state index in [0.717, 1.165) is 0 Å². The van der Waals surface area contributed by atoms with Crippen LogP contribution in [0, 0.1) is 10.1 Å². The van der Waals surface area contributed by atoms with E-state index >= 15 is 0 Å². The number of nitrogens with two attached hydrogens (primary N) is 1. The van der Waals surface area contributed by atoms with Gasteiger partial charge in [-0.25, -0.2) is 0 Å². The van der Waals surface area contributed by atoms with Crippen molar-refractivity contribution in [2.45, 2.75) is 13.0 Å². The van der Waals surface area contributed by atoms with Crippen molar-refractivity contribution in [1.29, 1.82) is 0 Å². The number of nitro groups is 1. The lowest BCUT2D eigenvalue weighted by Gasteiger charge is -2.13. The molecule has 0 saturated heterocycles. The lowest BCUT2D eigenvalue weighted by Crippen LogP contribution is -2.27. The van der Waals surface area contributed by atoms with Gasteiger partial charge in [-0.15, -0.1) is 0 Å². The molecular weight excluding hydrogens is 276 g/mol. The molecule has 0 radical (unpaired) electrons. The van der Waals surface area contributed by atoms with Crippen LogP contribution in [0.15, 0.2) is 41.0 Å². The monoisotopic (exact) mass is 290 g/mol. The number of furan rings is 1. The van der Waals surface area contributed by atoms with Crippen molar-refractivity contribution >= 4 is 17.3 Å². The average molecular weight is 290 g/mol. The number of nitrogens with one attached hydrogen (secondary N) is 2. The number of nitrogens with zero attached hydrogens (tertiary/aromatic N) is 1. The van der Waals surface area contributed by atoms with Crippen molar-refractivity contribution in [3.8, 4) is 0 Å². The maximum absolute atomic E-state index is 12.2. The number of carbonyl (C=O) groups excluding carboxylic acids is 1. The Morgan fingerprint density at radius 1 is 1.43 bits per heavy atom. The first-order valence-electron chi connectivity index (χ1n) is 6.12. The molecule has 8 nitrogen and oxygen atoms in total. The topological polar surface area (TPSA) is 123 Å². The number of hydrogen-bond donors (Lipinski definition) is 3. The highest BCUT2D eigenvalue weighted by Gasteiger charge is 2.19. The summed E-state index contributed by atoms with van der Waals surface area (Å²) in [5.74, 6) is 5.41. The summed E-state index contributed by atoms with van der Waals surface area (Å²) in [6, 6.07) is 6.86. The fourth-order valence-corrected chi connectivity index (χ4v) is 1.84. The molecule has 0 saturated carbocycles. The number of hydrazine groups is 1. The summed E-state index contributed by atoms with van der Waals surface area (Å²) in [6.07, 6.45) is 1.50. The molecule has 1 aromatic heterocycles. The summed E-state index contributed by atoms with van der Waals surface area (Å²) in [6.45, 7) is 1.74. The van der Waals surface area contributed by atoms with Crippen LogP contribution in [0.1, 0.15) is 29.1 Å². The Kier molecular flexibility index (Phi) is 4.19. The van der Waals surface area contributed by atoms with Gasteiger partial charge in [0.05, 0.1) is 28.5 Å². The number of hydrogen-bond acceptors (Lipinski definition) is 6. The third kappa shape index (κ3) is 3.18. The Morgan fingerprint density at radius 3 is 2.76 bits per heavy atom. The van der Waals surface area contributed by atoms with Crippen LogP contribution in [-0.2, 0) is 0 Å². The highest BCUT2D eigenvalue weighted by Crippen LogP contribution is 2.22. The molecule has 8 heteroatoms. The third-order valence-electron chi connectivity index (χ3n) is 2.93. The minimum Gasteiger partial charge on any atom is -0.467 e. The summed E-state index contributed by atoms with van der Waals surface area (Å²) >= 11 is 0. The van der Waals surface area contributed by atoms with E-state index in [9.17, 15) is 14.9 Å². The van der Waals surface area contributed by atoms with Crippen molar-refractivity contribution < 1.29 is 14.1 Å². The average Bonchev–Trinajstić information content (AvgIpc) is 3.00. The Bertz CT molecular complexity index is 654. The van der Waals surface area contributed by atoms with Crippen LogP contribution in [-0.4, -0.2) is 10.8 Å². The summed E-state index contributed by atoms with van der Waals surface area (Å²) in [5.41, 5.74) is 2.54. The first-order chi connectivity index (χ1) is 10.0. The molecule has 110 valence electrons. The van der Waals surface area contributed by atoms with Crippen molar-refractivity contribution in [1.82, 2.24) is 5.32 Å². The maximum atomic E-state index is 12.2. The molecule has 1 amide bonds. The van der Waals surface area contributed by atoms with Gasteiger partial charge in [0.1, 0.15) is 5.76 Å². The largest absolute Gasteiger partial charge is 0.467 e. The van der Waals surface area contributed by atoms with Gasteiger partial charge in [0.25, 0.3) is 11.6 Å². The minimum atomic E-state index is -0.576. The first-order valence-corrected chi connectivity index (χ1v) is 6.12. The van der Waals surface area contributed by atoms with Crippen molar-refractivity contribution in [2.24, 2.45) is 5.84 Å². The quantitative estimate of drug-likeness (QED) is 0.439. The van der Waals surface area contributed by atoms with Crippen molar-refractivity contribution in [3.05, 3.63) is 58.0 Å². The molecular formula is C13H14N4O4. The van der Waals surface area contributed by atoms with Gasteiger partial charge in [-0.2, -0.15) is 0 Å². The zero-order valence-corrected chi connectivity index (χ0v) is 11.2. The molecule has 0 spiro atoms. The van der Waals surface area contributed by atoms with Gasteiger partial charge < -0.3 is 15.2 Å². The van der Waals surface area contributed by atoms with Crippen LogP contribution in [0.2, 0.25) is 0 Å². The standard InChI is InChI=1S/C13H14N4O4/c1-8(12-3-2-6-21-12)15-13(18)10-7-9(17(19)20)4-5-11(10)16-14/h2-8,16H,14H2,1H3,(H,15,18). The second-order valence-corrected chi connectivity index (χ2v) is 4.34. The summed E-state index contributed by atoms with van der Waals surface area (Å²) in [4.78, 5) is 22.4. The van der Waals surface area contributed by atoms with Gasteiger partial charge >= 0.3 is 0 Å². The molecule has 0 aliphatic carbocycles. The van der Waals surface area contributed by atoms with E-state index in [4.69, 9.17) is 10.3 Å². The summed E-state index contributed by atoms with van der Waals surface area (Å²) in [7, 11) is 0. The molecule has 1 atom stereocenters. The van der Waals surface area contributed by atoms with E-state index in [0.29, 0.717) is 11.4 Å². The smallest absolute Gasteiger partial charge is 0.270 e. The van der Waals surface area contributed by atoms with Crippen LogP contribution in [0.4, 0.5) is 11.4 Å². The van der Waals surface area contributed by atoms with Crippen molar-refractivity contribution in [3.63, 3.8) is 0 Å². The normalized spacial score (nSPS) is 11.7.